The van der Waals surface area contributed by atoms with E-state index in [1.165, 1.54) is 77.6 Å². The summed E-state index contributed by atoms with van der Waals surface area (Å²) in [4.78, 5) is 31.0. The molecule has 5 aliphatic rings. The van der Waals surface area contributed by atoms with Crippen LogP contribution < -0.4 is 9.47 Å². The monoisotopic (exact) mass is 1550 g/mol. The number of fused-ring (bicyclic) bond motifs is 17. The van der Waals surface area contributed by atoms with Crippen molar-refractivity contribution >= 4 is 34.0 Å². The van der Waals surface area contributed by atoms with E-state index in [0.717, 1.165) is 101 Å². The highest BCUT2D eigenvalue weighted by molar-refractivity contribution is 5.94. The summed E-state index contributed by atoms with van der Waals surface area (Å²) in [6.45, 7) is 4.61. The number of ether oxygens (including phenoxy) is 2. The van der Waals surface area contributed by atoms with Crippen LogP contribution in [0.1, 0.15) is 82.7 Å². The molecule has 0 spiro atoms. The summed E-state index contributed by atoms with van der Waals surface area (Å²) >= 11 is 0. The second-order valence-corrected chi connectivity index (χ2v) is 32.3. The van der Waals surface area contributed by atoms with Crippen LogP contribution in [0.2, 0.25) is 0 Å². The Morgan fingerprint density at radius 2 is 0.579 bits per heavy atom. The quantitative estimate of drug-likeness (QED) is 0.119. The number of nitrogens with zero attached hydrogens (tertiary/aromatic N) is 8. The fourth-order valence-corrected chi connectivity index (χ4v) is 19.0. The maximum absolute atomic E-state index is 6.99. The first-order valence-corrected chi connectivity index (χ1v) is 41.4. The molecule has 121 heavy (non-hydrogen) atoms. The smallest absolute Gasteiger partial charge is 0.164 e. The van der Waals surface area contributed by atoms with E-state index < -0.39 is 0 Å². The highest BCUT2D eigenvalue weighted by Crippen LogP contribution is 2.57. The molecule has 0 saturated heterocycles. The summed E-state index contributed by atoms with van der Waals surface area (Å²) < 4.78 is 18.6. The molecule has 3 aliphatic carbocycles. The molecular formula is C111H76N8O2. The number of para-hydroxylation sites is 3. The molecule has 24 rings (SSSR count). The molecule has 19 aromatic rings. The van der Waals surface area contributed by atoms with Crippen LogP contribution >= 0.6 is 0 Å². The van der Waals surface area contributed by atoms with Gasteiger partial charge < -0.3 is 18.6 Å². The van der Waals surface area contributed by atoms with Gasteiger partial charge in [0.05, 0.1) is 22.4 Å². The Bertz CT molecular complexity index is 7280. The lowest BCUT2D eigenvalue weighted by Gasteiger charge is -2.22. The van der Waals surface area contributed by atoms with E-state index >= 15 is 0 Å². The van der Waals surface area contributed by atoms with E-state index in [2.05, 4.69) is 393 Å². The number of benzene rings is 15. The van der Waals surface area contributed by atoms with Crippen molar-refractivity contribution in [3.8, 4) is 147 Å². The Balaban J connectivity index is 0.000000145. The van der Waals surface area contributed by atoms with Gasteiger partial charge in [0, 0.05) is 95.0 Å². The van der Waals surface area contributed by atoms with E-state index in [1.807, 2.05) is 30.3 Å². The zero-order chi connectivity index (χ0) is 80.2. The van der Waals surface area contributed by atoms with Crippen LogP contribution in [0.15, 0.2) is 388 Å². The average Bonchev–Trinajstić information content (AvgIpc) is 1.56. The predicted octanol–water partition coefficient (Wildman–Crippen LogP) is 27.1. The topological polar surface area (TPSA) is 106 Å². The molecule has 0 fully saturated rings. The van der Waals surface area contributed by atoms with Gasteiger partial charge in [-0.3, -0.25) is 0 Å². The average molecular weight is 1550 g/mol. The largest absolute Gasteiger partial charge is 0.484 e. The SMILES string of the molecule is C1=CC2c3cc(-c4nc(-c5cccc(-c6ccccc6)c5)nc(-c5cccc(-c6ccccc6)c5)n4)ccc3OC2c2c1n(-c1ccc(-c3cccc(-c4ccccc4)c3)cc1)c1ccccc21.CC1(C)c2ccccc2-c2ccc(-c3nc(-c4ccccc4)nc(-c4ccc5c(c4)C4C=Cc6c(c7ccccc7n6-c6ccccc6)C4O5)n3)cc21. The van der Waals surface area contributed by atoms with Gasteiger partial charge in [-0.25, -0.2) is 29.9 Å². The molecule has 0 amide bonds. The van der Waals surface area contributed by atoms with Gasteiger partial charge in [-0.2, -0.15) is 0 Å². The zero-order valence-corrected chi connectivity index (χ0v) is 66.3. The lowest BCUT2D eigenvalue weighted by atomic mass is 9.82. The van der Waals surface area contributed by atoms with Gasteiger partial charge in [0.15, 0.2) is 34.9 Å². The summed E-state index contributed by atoms with van der Waals surface area (Å²) in [6.07, 6.45) is 8.85. The molecule has 6 heterocycles. The van der Waals surface area contributed by atoms with Crippen molar-refractivity contribution in [1.82, 2.24) is 39.0 Å². The van der Waals surface area contributed by atoms with Crippen LogP contribution in [-0.4, -0.2) is 39.0 Å². The number of hydrogen-bond donors (Lipinski definition) is 0. The molecule has 572 valence electrons. The van der Waals surface area contributed by atoms with Crippen LogP contribution in [0, 0.1) is 0 Å². The van der Waals surface area contributed by atoms with Gasteiger partial charge in [-0.05, 0) is 176 Å². The minimum absolute atomic E-state index is 0.00172. The van der Waals surface area contributed by atoms with Crippen molar-refractivity contribution in [2.24, 2.45) is 0 Å². The minimum atomic E-state index is -0.197. The van der Waals surface area contributed by atoms with Crippen LogP contribution in [0.3, 0.4) is 0 Å². The van der Waals surface area contributed by atoms with Gasteiger partial charge in [0.25, 0.3) is 0 Å². The van der Waals surface area contributed by atoms with Gasteiger partial charge in [-0.1, -0.05) is 305 Å². The van der Waals surface area contributed by atoms with Gasteiger partial charge in [0.1, 0.15) is 23.7 Å². The summed E-state index contributed by atoms with van der Waals surface area (Å²) in [6, 6.07) is 132. The van der Waals surface area contributed by atoms with Gasteiger partial charge in [-0.15, -0.1) is 0 Å². The highest BCUT2D eigenvalue weighted by Gasteiger charge is 2.43. The first-order chi connectivity index (χ1) is 59.7. The van der Waals surface area contributed by atoms with E-state index in [9.17, 15) is 0 Å². The molecular weight excluding hydrogens is 1480 g/mol. The Hall–Kier alpha value is -15.5. The molecule has 4 atom stereocenters. The van der Waals surface area contributed by atoms with Crippen molar-refractivity contribution in [3.63, 3.8) is 0 Å². The Morgan fingerprint density at radius 3 is 1.04 bits per heavy atom. The third-order valence-electron chi connectivity index (χ3n) is 24.9. The highest BCUT2D eigenvalue weighted by atomic mass is 16.5. The van der Waals surface area contributed by atoms with E-state index in [-0.39, 0.29) is 29.5 Å². The van der Waals surface area contributed by atoms with Crippen LogP contribution in [0.25, 0.3) is 169 Å². The number of hydrogen-bond acceptors (Lipinski definition) is 8. The summed E-state index contributed by atoms with van der Waals surface area (Å²) in [5.74, 6) is 5.63. The number of rotatable bonds is 12. The van der Waals surface area contributed by atoms with Crippen molar-refractivity contribution in [1.29, 1.82) is 0 Å². The molecule has 10 nitrogen and oxygen atoms in total. The van der Waals surface area contributed by atoms with Crippen LogP contribution in [-0.2, 0) is 5.41 Å². The molecule has 0 bridgehead atoms. The standard InChI is InChI=1S/C63H42N4O.C48H34N4O/c1-4-15-41(16-5-1)45-21-12-22-46(37-45)44-29-32-52(33-30-44)67-56-28-11-10-27-54(56)59-57(67)35-34-53-55-40-51(31-36-58(55)68-60(53)59)63-65-61(49-25-13-23-47(38-49)42-17-6-2-7-18-42)64-62(66-63)50-26-14-24-48(39-50)43-19-8-3-9-20-43;1-48(2)38-19-11-9-17-33(38)34-23-21-31(28-39(34)48)47-50-45(29-13-5-3-6-14-29)49-46(51-47)30-22-26-42-37(27-30)35-24-25-41-43(44(35)53-42)36-18-10-12-20-40(36)52(41)32-15-7-4-8-16-32/h1-40,53,60H;3-28,35,44H,1-2H3. The first kappa shape index (κ1) is 70.9. The third-order valence-corrected chi connectivity index (χ3v) is 24.9. The molecule has 0 saturated carbocycles. The molecule has 4 unspecified atom stereocenters. The second kappa shape index (κ2) is 29.0. The molecule has 4 aromatic heterocycles. The maximum atomic E-state index is 6.99. The summed E-state index contributed by atoms with van der Waals surface area (Å²) in [5.41, 5.74) is 31.6. The normalized spacial score (nSPS) is 15.7. The van der Waals surface area contributed by atoms with E-state index in [4.69, 9.17) is 39.4 Å². The van der Waals surface area contributed by atoms with Gasteiger partial charge in [0.2, 0.25) is 0 Å². The molecule has 2 aliphatic heterocycles. The van der Waals surface area contributed by atoms with Crippen LogP contribution in [0.4, 0.5) is 0 Å². The predicted molar refractivity (Wildman–Crippen MR) is 488 cm³/mol. The Morgan fingerprint density at radius 1 is 0.256 bits per heavy atom. The Labute approximate surface area is 701 Å². The summed E-state index contributed by atoms with van der Waals surface area (Å²) in [7, 11) is 0. The molecule has 15 aromatic carbocycles. The molecule has 10 heteroatoms. The van der Waals surface area contributed by atoms with E-state index in [1.54, 1.807) is 0 Å². The van der Waals surface area contributed by atoms with Crippen molar-refractivity contribution < 1.29 is 9.47 Å². The van der Waals surface area contributed by atoms with Gasteiger partial charge >= 0.3 is 0 Å². The fourth-order valence-electron chi connectivity index (χ4n) is 19.0. The lowest BCUT2D eigenvalue weighted by molar-refractivity contribution is 0.224. The number of aromatic nitrogens is 8. The van der Waals surface area contributed by atoms with Crippen molar-refractivity contribution in [2.45, 2.75) is 43.3 Å². The third kappa shape index (κ3) is 12.3. The zero-order valence-electron chi connectivity index (χ0n) is 66.3. The molecule has 0 radical (unpaired) electrons. The second-order valence-electron chi connectivity index (χ2n) is 32.3. The Kier molecular flexibility index (Phi) is 17.0. The maximum Gasteiger partial charge on any atom is 0.164 e. The summed E-state index contributed by atoms with van der Waals surface area (Å²) in [5, 5.41) is 2.41. The first-order valence-electron chi connectivity index (χ1n) is 41.4. The fraction of sp³-hybridized carbons (Fsp3) is 0.0631. The minimum Gasteiger partial charge on any atom is -0.484 e. The molecule has 0 N–H and O–H groups in total. The van der Waals surface area contributed by atoms with Crippen LogP contribution in [0.5, 0.6) is 11.5 Å². The van der Waals surface area contributed by atoms with Crippen molar-refractivity contribution in [2.75, 3.05) is 0 Å². The lowest BCUT2D eigenvalue weighted by Crippen LogP contribution is -2.15. The van der Waals surface area contributed by atoms with E-state index in [0.29, 0.717) is 34.9 Å². The van der Waals surface area contributed by atoms with Crippen molar-refractivity contribution in [3.05, 3.63) is 433 Å².